The topological polar surface area (TPSA) is 186 Å². The molecule has 2 saturated carbocycles. The van der Waals surface area contributed by atoms with Crippen LogP contribution in [0.2, 0.25) is 0 Å². The van der Waals surface area contributed by atoms with Gasteiger partial charge in [-0.25, -0.2) is 0 Å². The van der Waals surface area contributed by atoms with Gasteiger partial charge in [-0.05, 0) is 146 Å². The Morgan fingerprint density at radius 2 is 1.82 bits per heavy atom. The van der Waals surface area contributed by atoms with E-state index < -0.39 is 42.3 Å². The van der Waals surface area contributed by atoms with Crippen molar-refractivity contribution in [2.45, 2.75) is 132 Å². The molecule has 0 radical (unpaired) electrons. The molecule has 1 unspecified atom stereocenters. The summed E-state index contributed by atoms with van der Waals surface area (Å²) >= 11 is 0. The Hall–Kier alpha value is -6.01. The number of methoxy groups -OCH3 is 1. The first-order chi connectivity index (χ1) is 40.5. The number of carbonyl (C=O) groups is 1. The molecule has 11 bridgehead atoms. The van der Waals surface area contributed by atoms with Crippen molar-refractivity contribution in [1.82, 2.24) is 16.0 Å². The summed E-state index contributed by atoms with van der Waals surface area (Å²) in [6, 6.07) is 17.0. The molecule has 0 amide bonds. The number of phenolic OH excluding ortho intramolecular Hbond substituents is 2. The van der Waals surface area contributed by atoms with Gasteiger partial charge in [-0.15, -0.1) is 0 Å². The Morgan fingerprint density at radius 1 is 0.940 bits per heavy atom. The van der Waals surface area contributed by atoms with E-state index in [1.54, 1.807) is 13.2 Å². The Labute approximate surface area is 494 Å². The monoisotopic (exact) mass is 1150 g/mol. The number of dihydropyridines is 1. The molecule has 10 aliphatic rings. The van der Waals surface area contributed by atoms with Gasteiger partial charge in [0.05, 0.1) is 30.4 Å². The van der Waals surface area contributed by atoms with Crippen LogP contribution >= 0.6 is 21.6 Å². The van der Waals surface area contributed by atoms with Gasteiger partial charge in [0, 0.05) is 88.9 Å². The molecule has 6 heterocycles. The van der Waals surface area contributed by atoms with Crippen molar-refractivity contribution >= 4 is 33.6 Å². The Balaban J connectivity index is 1.09. The van der Waals surface area contributed by atoms with Crippen molar-refractivity contribution in [3.05, 3.63) is 128 Å². The van der Waals surface area contributed by atoms with Crippen LogP contribution in [0, 0.1) is 53.3 Å². The number of rotatable bonds is 6. The minimum absolute atomic E-state index is 0.00399. The van der Waals surface area contributed by atoms with Gasteiger partial charge < -0.3 is 60.7 Å². The highest BCUT2D eigenvalue weighted by Crippen LogP contribution is 2.64. The van der Waals surface area contributed by atoms with Gasteiger partial charge in [0.1, 0.15) is 42.0 Å². The Kier molecular flexibility index (Phi) is 15.1. The van der Waals surface area contributed by atoms with Crippen LogP contribution in [0.5, 0.6) is 28.7 Å². The number of hydrogen-bond acceptors (Lipinski definition) is 15. The zero-order valence-corrected chi connectivity index (χ0v) is 48.9. The standard InChI is InChI=1S/C68H74N4O9S2/c1-37(74)78-33-54-49-12-13-50-60-45(27-47(75)28-57(60)79-36-73)30-68-21-19-43(29-68)52-26-39-6-3-5-38(23-39)24-42-10-9-41(11-16-55-48(52)15-18-59(69)72-55)61-53(31-70-22-20-44(42)32-77-2)64(76)67-51(62(61)65(54)81-66(49)63(50)68)14-17-56-58(80-67)35-83-82-34-40-7-4-8-46(25-40)71-56/h3,5-6,12-15,17-18,23,27-28,40-44,46,52,54,56,58-59,65,70-73,75-76H,4,7-8,19-22,24-26,29-36,69H2,1-2H3/t40-,41-,42-,43-,44+,46-,52-,54-,56-,58-,59?,65-,68-/m0/s1. The summed E-state index contributed by atoms with van der Waals surface area (Å²) in [5.41, 5.74) is 18.1. The maximum absolute atomic E-state index is 13.5. The van der Waals surface area contributed by atoms with Crippen LogP contribution in [0.4, 0.5) is 0 Å². The van der Waals surface area contributed by atoms with E-state index in [1.165, 1.54) is 30.9 Å². The molecule has 8 N–H and O–H groups in total. The Bertz CT molecular complexity index is 3480. The fourth-order valence-electron chi connectivity index (χ4n) is 16.2. The molecule has 14 rings (SSSR count). The number of benzene rings is 4. The zero-order chi connectivity index (χ0) is 56.5. The quantitative estimate of drug-likeness (QED) is 0.0419. The number of hydrogen-bond donors (Lipinski definition) is 7. The number of aromatic hydroxyl groups is 2. The summed E-state index contributed by atoms with van der Waals surface area (Å²) in [5.74, 6) is 17.8. The molecule has 6 aliphatic heterocycles. The number of aliphatic hydroxyl groups excluding tert-OH is 1. The van der Waals surface area contributed by atoms with Gasteiger partial charge in [0.25, 0.3) is 0 Å². The van der Waals surface area contributed by atoms with E-state index in [9.17, 15) is 20.1 Å². The smallest absolute Gasteiger partial charge is 0.302 e. The minimum Gasteiger partial charge on any atom is -0.508 e. The van der Waals surface area contributed by atoms with Crippen LogP contribution in [0.1, 0.15) is 126 Å². The van der Waals surface area contributed by atoms with Crippen molar-refractivity contribution < 1.29 is 43.8 Å². The molecular weight excluding hydrogens is 1080 g/mol. The maximum Gasteiger partial charge on any atom is 0.302 e. The zero-order valence-electron chi connectivity index (χ0n) is 47.3. The fourth-order valence-corrected chi connectivity index (χ4v) is 18.9. The second-order valence-electron chi connectivity index (χ2n) is 24.9. The predicted octanol–water partition coefficient (Wildman–Crippen LogP) is 9.74. The van der Waals surface area contributed by atoms with Crippen molar-refractivity contribution in [3.63, 3.8) is 0 Å². The first kappa shape index (κ1) is 54.9. The SMILES string of the molecule is COC[C@H]1CCNCc2c(O)c3c(c4c2[C@@H]2C#CC5=C(C=CC(N)N5)[C@@H](Cc5cccc(c5)C[C@@H]1C#C2)[C@H]1CC[C@@]2(Cc5cc(O)cc(OCO)c5-c5ccc6c(c52)O[C@H]4[C@H]6COC(C)=O)C1)C=C[C@@H]1N[C@H]2CCC[C@H](CSSC[C@@H]1O3)C2. The third-order valence-electron chi connectivity index (χ3n) is 19.9. The van der Waals surface area contributed by atoms with Crippen LogP contribution in [0.25, 0.3) is 17.2 Å². The van der Waals surface area contributed by atoms with Gasteiger partial charge in [-0.2, -0.15) is 0 Å². The largest absolute Gasteiger partial charge is 0.508 e. The van der Waals surface area contributed by atoms with Gasteiger partial charge in [-0.3, -0.25) is 4.79 Å². The second-order valence-corrected chi connectivity index (χ2v) is 27.5. The van der Waals surface area contributed by atoms with Crippen molar-refractivity contribution in [3.8, 4) is 63.6 Å². The number of fused-ring (bicyclic) bond motifs is 14. The predicted molar refractivity (Wildman–Crippen MR) is 324 cm³/mol. The summed E-state index contributed by atoms with van der Waals surface area (Å²) < 4.78 is 33.7. The Morgan fingerprint density at radius 3 is 2.69 bits per heavy atom. The van der Waals surface area contributed by atoms with Gasteiger partial charge in [0.15, 0.2) is 18.3 Å². The van der Waals surface area contributed by atoms with E-state index in [0.717, 1.165) is 107 Å². The minimum atomic E-state index is -0.807. The van der Waals surface area contributed by atoms with Crippen LogP contribution in [0.15, 0.2) is 78.0 Å². The van der Waals surface area contributed by atoms with E-state index in [-0.39, 0.29) is 60.5 Å². The van der Waals surface area contributed by atoms with E-state index in [1.807, 2.05) is 33.7 Å². The number of nitrogens with two attached hydrogens (primary N) is 1. The summed E-state index contributed by atoms with van der Waals surface area (Å²) in [5, 5.41) is 46.8. The average Bonchev–Trinajstić information content (AvgIpc) is 1.96. The van der Waals surface area contributed by atoms with Crippen LogP contribution < -0.4 is 35.9 Å². The van der Waals surface area contributed by atoms with Crippen LogP contribution in [0.3, 0.4) is 0 Å². The normalized spacial score (nSPS) is 31.5. The summed E-state index contributed by atoms with van der Waals surface area (Å²) in [4.78, 5) is 13.3. The molecule has 1 spiro atoms. The third kappa shape index (κ3) is 10.2. The van der Waals surface area contributed by atoms with Gasteiger partial charge in [-0.1, -0.05) is 100 Å². The second kappa shape index (κ2) is 22.8. The number of esters is 1. The van der Waals surface area contributed by atoms with Gasteiger partial charge >= 0.3 is 5.97 Å². The summed E-state index contributed by atoms with van der Waals surface area (Å²) in [6.45, 7) is 2.31. The van der Waals surface area contributed by atoms with Crippen molar-refractivity contribution in [1.29, 1.82) is 0 Å². The summed E-state index contributed by atoms with van der Waals surface area (Å²) in [7, 11) is 5.54. The molecule has 83 heavy (non-hydrogen) atoms. The molecule has 432 valence electrons. The third-order valence-corrected chi connectivity index (χ3v) is 22.4. The molecule has 13 atom stereocenters. The molecule has 15 heteroatoms. The van der Waals surface area contributed by atoms with E-state index in [0.29, 0.717) is 66.3 Å². The molecule has 4 aromatic rings. The molecule has 1 saturated heterocycles. The number of ether oxygens (including phenoxy) is 5. The number of aliphatic hydroxyl groups is 1. The average molecular weight is 1160 g/mol. The molecule has 0 aromatic heterocycles. The number of phenols is 2. The molecule has 4 aliphatic carbocycles. The lowest BCUT2D eigenvalue weighted by Gasteiger charge is -2.40. The first-order valence-electron chi connectivity index (χ1n) is 30.1. The lowest BCUT2D eigenvalue weighted by atomic mass is 9.64. The number of nitrogens with one attached hydrogen (secondary N) is 3. The fraction of sp³-hybridized carbons (Fsp3) is 0.485. The van der Waals surface area contributed by atoms with E-state index in [4.69, 9.17) is 29.4 Å². The van der Waals surface area contributed by atoms with Crippen molar-refractivity contribution in [2.24, 2.45) is 35.3 Å². The lowest BCUT2D eigenvalue weighted by molar-refractivity contribution is -0.141. The van der Waals surface area contributed by atoms with Crippen LogP contribution in [-0.2, 0) is 45.5 Å². The number of carbonyl (C=O) groups excluding carboxylic acids is 1. The lowest BCUT2D eigenvalue weighted by Crippen LogP contribution is -2.49. The number of allylic oxidation sites excluding steroid dienone is 3. The molecular formula is C68H74N4O9S2. The highest BCUT2D eigenvalue weighted by molar-refractivity contribution is 8.76. The molecule has 4 aromatic carbocycles. The van der Waals surface area contributed by atoms with Crippen LogP contribution in [-0.4, -0.2) is 90.8 Å². The van der Waals surface area contributed by atoms with Crippen molar-refractivity contribution in [2.75, 3.05) is 45.2 Å². The molecule has 13 nitrogen and oxygen atoms in total. The van der Waals surface area contributed by atoms with E-state index in [2.05, 4.69) is 94.3 Å². The van der Waals surface area contributed by atoms with Gasteiger partial charge in [0.2, 0.25) is 0 Å². The maximum atomic E-state index is 13.5. The molecule has 3 fully saturated rings. The highest BCUT2D eigenvalue weighted by atomic mass is 33.1. The first-order valence-corrected chi connectivity index (χ1v) is 32.6. The highest BCUT2D eigenvalue weighted by Gasteiger charge is 2.53. The van der Waals surface area contributed by atoms with E-state index >= 15 is 0 Å². The summed E-state index contributed by atoms with van der Waals surface area (Å²) in [6.07, 6.45) is 17.0.